The molecule has 6 heteroatoms. The third-order valence-corrected chi connectivity index (χ3v) is 2.43. The summed E-state index contributed by atoms with van der Waals surface area (Å²) in [5.41, 5.74) is 0.695. The van der Waals surface area contributed by atoms with Crippen LogP contribution in [0.4, 0.5) is 0 Å². The first-order chi connectivity index (χ1) is 9.65. The van der Waals surface area contributed by atoms with E-state index in [2.05, 4.69) is 0 Å². The maximum absolute atomic E-state index is 11.3. The minimum Gasteiger partial charge on any atom is -0.493 e. The number of esters is 1. The Bertz CT molecular complexity index is 456. The smallest absolute Gasteiger partial charge is 0.330 e. The van der Waals surface area contributed by atoms with Crippen molar-refractivity contribution in [2.24, 2.45) is 0 Å². The van der Waals surface area contributed by atoms with Crippen molar-refractivity contribution >= 4 is 12.0 Å². The van der Waals surface area contributed by atoms with E-state index in [4.69, 9.17) is 24.1 Å². The van der Waals surface area contributed by atoms with Gasteiger partial charge in [0.25, 0.3) is 0 Å². The van der Waals surface area contributed by atoms with Crippen LogP contribution >= 0.6 is 0 Å². The average Bonchev–Trinajstić information content (AvgIpc) is 2.49. The van der Waals surface area contributed by atoms with Gasteiger partial charge in [-0.15, -0.1) is 0 Å². The first-order valence-corrected chi connectivity index (χ1v) is 5.92. The monoisotopic (exact) mass is 282 g/mol. The van der Waals surface area contributed by atoms with Crippen LogP contribution in [0.5, 0.6) is 17.2 Å². The lowest BCUT2D eigenvalue weighted by Gasteiger charge is -2.12. The van der Waals surface area contributed by atoms with Gasteiger partial charge in [-0.1, -0.05) is 0 Å². The molecule has 6 nitrogen and oxygen atoms in total. The summed E-state index contributed by atoms with van der Waals surface area (Å²) in [6, 6.07) is 3.41. The molecule has 0 radical (unpaired) electrons. The van der Waals surface area contributed by atoms with Gasteiger partial charge in [-0.2, -0.15) is 0 Å². The number of hydrogen-bond donors (Lipinski definition) is 1. The highest BCUT2D eigenvalue weighted by Gasteiger charge is 2.12. The molecule has 0 spiro atoms. The van der Waals surface area contributed by atoms with E-state index in [1.165, 1.54) is 27.4 Å². The van der Waals surface area contributed by atoms with Crippen molar-refractivity contribution in [3.8, 4) is 17.2 Å². The fourth-order valence-corrected chi connectivity index (χ4v) is 1.56. The first kappa shape index (κ1) is 15.8. The quantitative estimate of drug-likeness (QED) is 0.599. The topological polar surface area (TPSA) is 74.2 Å². The Morgan fingerprint density at radius 1 is 1.15 bits per heavy atom. The highest BCUT2D eigenvalue weighted by Crippen LogP contribution is 2.38. The fraction of sp³-hybridized carbons (Fsp3) is 0.357. The van der Waals surface area contributed by atoms with E-state index >= 15 is 0 Å². The number of carbonyl (C=O) groups excluding carboxylic acids is 1. The second-order valence-corrected chi connectivity index (χ2v) is 3.68. The predicted molar refractivity (Wildman–Crippen MR) is 73.2 cm³/mol. The molecule has 0 amide bonds. The zero-order valence-electron chi connectivity index (χ0n) is 11.7. The summed E-state index contributed by atoms with van der Waals surface area (Å²) in [5.74, 6) is 0.938. The zero-order chi connectivity index (χ0) is 15.0. The standard InChI is InChI=1S/C14H18O6/c1-17-11-8-10(4-5-13(16)20-7-6-15)9-12(18-2)14(11)19-3/h4-5,8-9,15H,6-7H2,1-3H3/b5-4+. The lowest BCUT2D eigenvalue weighted by molar-refractivity contribution is -0.138. The van der Waals surface area contributed by atoms with E-state index in [1.54, 1.807) is 18.2 Å². The van der Waals surface area contributed by atoms with Crippen LogP contribution in [0.15, 0.2) is 18.2 Å². The summed E-state index contributed by atoms with van der Waals surface area (Å²) >= 11 is 0. The van der Waals surface area contributed by atoms with Crippen LogP contribution in [-0.4, -0.2) is 45.6 Å². The Hall–Kier alpha value is -2.21. The van der Waals surface area contributed by atoms with Crippen molar-refractivity contribution < 1.29 is 28.8 Å². The van der Waals surface area contributed by atoms with E-state index < -0.39 is 5.97 Å². The lowest BCUT2D eigenvalue weighted by Crippen LogP contribution is -2.05. The molecule has 0 unspecified atom stereocenters. The minimum absolute atomic E-state index is 0.0293. The molecule has 110 valence electrons. The molecule has 0 aromatic heterocycles. The molecule has 0 fully saturated rings. The molecule has 0 aliphatic carbocycles. The number of rotatable bonds is 7. The number of ether oxygens (including phenoxy) is 4. The number of hydrogen-bond acceptors (Lipinski definition) is 6. The Labute approximate surface area is 117 Å². The third kappa shape index (κ3) is 4.17. The second kappa shape index (κ2) is 8.06. The predicted octanol–water partition coefficient (Wildman–Crippen LogP) is 1.26. The van der Waals surface area contributed by atoms with E-state index in [-0.39, 0.29) is 13.2 Å². The maximum atomic E-state index is 11.3. The van der Waals surface area contributed by atoms with Crippen molar-refractivity contribution in [2.45, 2.75) is 0 Å². The van der Waals surface area contributed by atoms with E-state index in [1.807, 2.05) is 0 Å². The summed E-state index contributed by atoms with van der Waals surface area (Å²) in [6.45, 7) is -0.234. The van der Waals surface area contributed by atoms with Gasteiger partial charge in [-0.25, -0.2) is 4.79 Å². The normalized spacial score (nSPS) is 10.4. The Morgan fingerprint density at radius 2 is 1.75 bits per heavy atom. The molecule has 0 aliphatic rings. The fourth-order valence-electron chi connectivity index (χ4n) is 1.56. The van der Waals surface area contributed by atoms with Gasteiger partial charge in [-0.3, -0.25) is 0 Å². The van der Waals surface area contributed by atoms with Gasteiger partial charge in [0.05, 0.1) is 27.9 Å². The number of aliphatic hydroxyl groups excluding tert-OH is 1. The van der Waals surface area contributed by atoms with Gasteiger partial charge in [0.1, 0.15) is 6.61 Å². The van der Waals surface area contributed by atoms with E-state index in [9.17, 15) is 4.79 Å². The Morgan fingerprint density at radius 3 is 2.20 bits per heavy atom. The summed E-state index contributed by atoms with van der Waals surface area (Å²) < 4.78 is 20.3. The molecular weight excluding hydrogens is 264 g/mol. The molecule has 0 heterocycles. The van der Waals surface area contributed by atoms with Crippen LogP contribution in [0.3, 0.4) is 0 Å². The summed E-state index contributed by atoms with van der Waals surface area (Å²) in [6.07, 6.45) is 2.82. The van der Waals surface area contributed by atoms with Gasteiger partial charge >= 0.3 is 5.97 Å². The van der Waals surface area contributed by atoms with Gasteiger partial charge in [0.15, 0.2) is 11.5 Å². The largest absolute Gasteiger partial charge is 0.493 e. The first-order valence-electron chi connectivity index (χ1n) is 5.92. The second-order valence-electron chi connectivity index (χ2n) is 3.68. The molecule has 1 aromatic rings. The molecule has 0 aliphatic heterocycles. The molecular formula is C14H18O6. The number of carbonyl (C=O) groups is 1. The third-order valence-electron chi connectivity index (χ3n) is 2.43. The Balaban J connectivity index is 2.96. The van der Waals surface area contributed by atoms with Crippen LogP contribution in [-0.2, 0) is 9.53 Å². The molecule has 0 saturated carbocycles. The summed E-state index contributed by atoms with van der Waals surface area (Å²) in [4.78, 5) is 11.3. The average molecular weight is 282 g/mol. The van der Waals surface area contributed by atoms with Gasteiger partial charge in [0, 0.05) is 6.08 Å². The summed E-state index contributed by atoms with van der Waals surface area (Å²) in [7, 11) is 4.54. The molecule has 1 N–H and O–H groups in total. The van der Waals surface area contributed by atoms with Crippen LogP contribution in [0.1, 0.15) is 5.56 Å². The number of benzene rings is 1. The van der Waals surface area contributed by atoms with Crippen molar-refractivity contribution in [1.29, 1.82) is 0 Å². The molecule has 0 saturated heterocycles. The molecule has 20 heavy (non-hydrogen) atoms. The number of aliphatic hydroxyl groups is 1. The van der Waals surface area contributed by atoms with Gasteiger partial charge < -0.3 is 24.1 Å². The van der Waals surface area contributed by atoms with Gasteiger partial charge in [-0.05, 0) is 23.8 Å². The van der Waals surface area contributed by atoms with Crippen LogP contribution in [0.2, 0.25) is 0 Å². The van der Waals surface area contributed by atoms with Gasteiger partial charge in [0.2, 0.25) is 5.75 Å². The maximum Gasteiger partial charge on any atom is 0.330 e. The van der Waals surface area contributed by atoms with E-state index in [0.29, 0.717) is 22.8 Å². The molecule has 1 rings (SSSR count). The van der Waals surface area contributed by atoms with Crippen LogP contribution in [0.25, 0.3) is 6.08 Å². The van der Waals surface area contributed by atoms with Crippen LogP contribution < -0.4 is 14.2 Å². The van der Waals surface area contributed by atoms with Crippen molar-refractivity contribution in [1.82, 2.24) is 0 Å². The van der Waals surface area contributed by atoms with E-state index in [0.717, 1.165) is 0 Å². The van der Waals surface area contributed by atoms with Crippen LogP contribution in [0, 0.1) is 0 Å². The highest BCUT2D eigenvalue weighted by atomic mass is 16.5. The number of methoxy groups -OCH3 is 3. The highest BCUT2D eigenvalue weighted by molar-refractivity contribution is 5.87. The Kier molecular flexibility index (Phi) is 6.39. The zero-order valence-corrected chi connectivity index (χ0v) is 11.7. The van der Waals surface area contributed by atoms with Crippen molar-refractivity contribution in [3.05, 3.63) is 23.8 Å². The SMILES string of the molecule is COc1cc(/C=C/C(=O)OCCO)cc(OC)c1OC. The minimum atomic E-state index is -0.534. The lowest BCUT2D eigenvalue weighted by atomic mass is 10.1. The molecule has 0 bridgehead atoms. The molecule has 1 aromatic carbocycles. The van der Waals surface area contributed by atoms with Crippen molar-refractivity contribution in [3.63, 3.8) is 0 Å². The summed E-state index contributed by atoms with van der Waals surface area (Å²) in [5, 5.41) is 8.55. The molecule has 0 atom stereocenters. The van der Waals surface area contributed by atoms with Crippen molar-refractivity contribution in [2.75, 3.05) is 34.5 Å².